The van der Waals surface area contributed by atoms with E-state index in [9.17, 15) is 0 Å². The van der Waals surface area contributed by atoms with Gasteiger partial charge in [-0.1, -0.05) is 6.92 Å². The van der Waals surface area contributed by atoms with E-state index in [2.05, 4.69) is 15.3 Å². The van der Waals surface area contributed by atoms with E-state index in [1.165, 1.54) is 0 Å². The second-order valence-electron chi connectivity index (χ2n) is 5.44. The molecule has 1 N–H and O–H groups in total. The number of hydrogen-bond donors (Lipinski definition) is 1. The van der Waals surface area contributed by atoms with Gasteiger partial charge in [-0.2, -0.15) is 0 Å². The molecule has 1 aliphatic rings. The fourth-order valence-electron chi connectivity index (χ4n) is 2.75. The fraction of sp³-hybridized carbons (Fsp3) is 0.600. The number of imidazole rings is 1. The number of hydrogen-bond acceptors (Lipinski definition) is 5. The van der Waals surface area contributed by atoms with E-state index in [1.807, 2.05) is 30.9 Å². The van der Waals surface area contributed by atoms with E-state index in [1.54, 1.807) is 6.20 Å². The minimum Gasteiger partial charge on any atom is -0.444 e. The number of nitrogens with zero attached hydrogens (tertiary/aromatic N) is 3. The van der Waals surface area contributed by atoms with Gasteiger partial charge in [-0.25, -0.2) is 9.97 Å². The Morgan fingerprint density at radius 1 is 1.43 bits per heavy atom. The number of aromatic nitrogens is 3. The van der Waals surface area contributed by atoms with Gasteiger partial charge in [-0.05, 0) is 6.42 Å². The van der Waals surface area contributed by atoms with Crippen molar-refractivity contribution < 1.29 is 9.15 Å². The summed E-state index contributed by atoms with van der Waals surface area (Å²) >= 11 is 0. The molecule has 1 saturated heterocycles. The van der Waals surface area contributed by atoms with Crippen LogP contribution in [0.3, 0.4) is 0 Å². The van der Waals surface area contributed by atoms with Gasteiger partial charge in [0.1, 0.15) is 17.7 Å². The normalized spacial score (nSPS) is 22.0. The molecule has 0 saturated carbocycles. The van der Waals surface area contributed by atoms with Gasteiger partial charge in [0, 0.05) is 44.9 Å². The molecule has 6 heteroatoms. The zero-order valence-electron chi connectivity index (χ0n) is 12.6. The van der Waals surface area contributed by atoms with Crippen molar-refractivity contribution in [2.75, 3.05) is 13.2 Å². The van der Waals surface area contributed by atoms with Crippen LogP contribution in [0.4, 0.5) is 0 Å². The third kappa shape index (κ3) is 3.16. The van der Waals surface area contributed by atoms with Gasteiger partial charge in [0.25, 0.3) is 0 Å². The van der Waals surface area contributed by atoms with Gasteiger partial charge in [0.05, 0.1) is 12.7 Å². The molecule has 6 nitrogen and oxygen atoms in total. The molecule has 0 unspecified atom stereocenters. The van der Waals surface area contributed by atoms with Crippen LogP contribution in [0.5, 0.6) is 0 Å². The molecule has 2 aromatic heterocycles. The van der Waals surface area contributed by atoms with E-state index in [4.69, 9.17) is 9.15 Å². The highest BCUT2D eigenvalue weighted by atomic mass is 16.5. The van der Waals surface area contributed by atoms with Crippen LogP contribution in [-0.2, 0) is 24.8 Å². The van der Waals surface area contributed by atoms with Crippen molar-refractivity contribution in [2.24, 2.45) is 13.0 Å². The molecular weight excluding hydrogens is 268 g/mol. The lowest BCUT2D eigenvalue weighted by atomic mass is 10.0. The second kappa shape index (κ2) is 6.41. The van der Waals surface area contributed by atoms with Gasteiger partial charge < -0.3 is 19.0 Å². The van der Waals surface area contributed by atoms with E-state index in [0.29, 0.717) is 12.5 Å². The van der Waals surface area contributed by atoms with Gasteiger partial charge >= 0.3 is 0 Å². The van der Waals surface area contributed by atoms with Crippen molar-refractivity contribution in [1.82, 2.24) is 19.9 Å². The van der Waals surface area contributed by atoms with Crippen molar-refractivity contribution in [3.63, 3.8) is 0 Å². The third-order valence-corrected chi connectivity index (χ3v) is 3.94. The van der Waals surface area contributed by atoms with E-state index in [0.717, 1.165) is 43.5 Å². The molecule has 0 bridgehead atoms. The number of nitrogens with one attached hydrogen (secondary N) is 1. The first-order valence-electron chi connectivity index (χ1n) is 7.51. The van der Waals surface area contributed by atoms with Crippen LogP contribution in [-0.4, -0.2) is 27.7 Å². The van der Waals surface area contributed by atoms with Crippen molar-refractivity contribution in [2.45, 2.75) is 32.4 Å². The summed E-state index contributed by atoms with van der Waals surface area (Å²) in [5, 5.41) is 3.44. The Balaban J connectivity index is 1.53. The highest BCUT2D eigenvalue weighted by molar-refractivity contribution is 5.01. The molecule has 0 amide bonds. The van der Waals surface area contributed by atoms with Gasteiger partial charge in [0.2, 0.25) is 0 Å². The Kier molecular flexibility index (Phi) is 4.36. The number of rotatable bonds is 6. The number of ether oxygens (including phenoxy) is 1. The van der Waals surface area contributed by atoms with Crippen molar-refractivity contribution in [3.05, 3.63) is 36.1 Å². The topological polar surface area (TPSA) is 65.1 Å². The molecule has 114 valence electrons. The van der Waals surface area contributed by atoms with Crippen LogP contribution in [0.25, 0.3) is 0 Å². The largest absolute Gasteiger partial charge is 0.444 e. The average molecular weight is 290 g/mol. The molecule has 21 heavy (non-hydrogen) atoms. The van der Waals surface area contributed by atoms with Gasteiger partial charge in [-0.3, -0.25) is 0 Å². The predicted octanol–water partition coefficient (Wildman–Crippen LogP) is 1.84. The fourth-order valence-corrected chi connectivity index (χ4v) is 2.75. The lowest BCUT2D eigenvalue weighted by Crippen LogP contribution is -2.25. The molecule has 0 spiro atoms. The maximum atomic E-state index is 5.86. The Hall–Kier alpha value is -1.66. The first-order valence-corrected chi connectivity index (χ1v) is 7.51. The molecule has 2 aromatic rings. The monoisotopic (exact) mass is 290 g/mol. The minimum atomic E-state index is 0.0819. The molecule has 3 rings (SSSR count). The van der Waals surface area contributed by atoms with E-state index in [-0.39, 0.29) is 6.10 Å². The molecule has 2 atom stereocenters. The summed E-state index contributed by atoms with van der Waals surface area (Å²) in [6, 6.07) is 0. The van der Waals surface area contributed by atoms with Crippen molar-refractivity contribution in [1.29, 1.82) is 0 Å². The Labute approximate surface area is 124 Å². The van der Waals surface area contributed by atoms with Gasteiger partial charge in [-0.15, -0.1) is 0 Å². The Morgan fingerprint density at radius 2 is 2.33 bits per heavy atom. The van der Waals surface area contributed by atoms with Gasteiger partial charge in [0.15, 0.2) is 5.89 Å². The summed E-state index contributed by atoms with van der Waals surface area (Å²) in [7, 11) is 2.01. The summed E-state index contributed by atoms with van der Waals surface area (Å²) in [4.78, 5) is 8.62. The van der Waals surface area contributed by atoms with Crippen LogP contribution >= 0.6 is 0 Å². The second-order valence-corrected chi connectivity index (χ2v) is 5.44. The number of oxazole rings is 1. The smallest absolute Gasteiger partial charge is 0.194 e. The molecular formula is C15H22N4O2. The molecule has 0 radical (unpaired) electrons. The van der Waals surface area contributed by atoms with Crippen LogP contribution in [0.2, 0.25) is 0 Å². The molecule has 0 aliphatic carbocycles. The highest BCUT2D eigenvalue weighted by Gasteiger charge is 2.31. The maximum Gasteiger partial charge on any atom is 0.194 e. The van der Waals surface area contributed by atoms with Crippen LogP contribution in [0.15, 0.2) is 23.0 Å². The van der Waals surface area contributed by atoms with E-state index < -0.39 is 0 Å². The summed E-state index contributed by atoms with van der Waals surface area (Å²) in [5.74, 6) is 3.13. The molecule has 1 fully saturated rings. The standard InChI is InChI=1S/C15H22N4O2/c1-3-13-18-10-12(21-13)9-16-8-11-4-7-20-14(11)15-17-5-6-19(15)2/h5-6,10-11,14,16H,3-4,7-9H2,1-2H3/t11-,14+/m0/s1. The lowest BCUT2D eigenvalue weighted by molar-refractivity contribution is 0.0809. The Bertz CT molecular complexity index is 578. The highest BCUT2D eigenvalue weighted by Crippen LogP contribution is 2.32. The van der Waals surface area contributed by atoms with Crippen LogP contribution in [0.1, 0.15) is 36.9 Å². The molecule has 1 aliphatic heterocycles. The van der Waals surface area contributed by atoms with Crippen molar-refractivity contribution in [3.8, 4) is 0 Å². The zero-order chi connectivity index (χ0) is 14.7. The molecule has 3 heterocycles. The summed E-state index contributed by atoms with van der Waals surface area (Å²) in [6.45, 7) is 4.43. The first-order chi connectivity index (χ1) is 10.3. The van der Waals surface area contributed by atoms with Crippen molar-refractivity contribution >= 4 is 0 Å². The Morgan fingerprint density at radius 3 is 3.05 bits per heavy atom. The zero-order valence-corrected chi connectivity index (χ0v) is 12.6. The molecule has 0 aromatic carbocycles. The minimum absolute atomic E-state index is 0.0819. The lowest BCUT2D eigenvalue weighted by Gasteiger charge is -2.18. The SMILES string of the molecule is CCc1ncc(CNC[C@@H]2CCO[C@H]2c2nccn2C)o1. The maximum absolute atomic E-state index is 5.86. The average Bonchev–Trinajstić information content (AvgIpc) is 3.19. The summed E-state index contributed by atoms with van der Waals surface area (Å²) in [5.41, 5.74) is 0. The summed E-state index contributed by atoms with van der Waals surface area (Å²) < 4.78 is 13.5. The summed E-state index contributed by atoms with van der Waals surface area (Å²) in [6.07, 6.45) is 7.55. The third-order valence-electron chi connectivity index (χ3n) is 3.94. The van der Waals surface area contributed by atoms with E-state index >= 15 is 0 Å². The van der Waals surface area contributed by atoms with Crippen LogP contribution in [0, 0.1) is 5.92 Å². The quantitative estimate of drug-likeness (QED) is 0.879. The number of aryl methyl sites for hydroxylation is 2. The van der Waals surface area contributed by atoms with Crippen LogP contribution < -0.4 is 5.32 Å². The first kappa shape index (κ1) is 14.3. The predicted molar refractivity (Wildman–Crippen MR) is 77.6 cm³/mol.